The highest BCUT2D eigenvalue weighted by Crippen LogP contribution is 2.24. The maximum absolute atomic E-state index is 12.8. The summed E-state index contributed by atoms with van der Waals surface area (Å²) in [5.74, 6) is -2.35. The zero-order valence-corrected chi connectivity index (χ0v) is 21.0. The predicted octanol–water partition coefficient (Wildman–Crippen LogP) is 1.32. The lowest BCUT2D eigenvalue weighted by Gasteiger charge is -2.23. The van der Waals surface area contributed by atoms with Crippen molar-refractivity contribution in [2.24, 2.45) is 0 Å². The van der Waals surface area contributed by atoms with Crippen molar-refractivity contribution < 1.29 is 38.6 Å². The van der Waals surface area contributed by atoms with E-state index in [4.69, 9.17) is 9.84 Å². The summed E-state index contributed by atoms with van der Waals surface area (Å²) in [4.78, 5) is 72.6. The maximum atomic E-state index is 12.8. The Morgan fingerprint density at radius 3 is 2.26 bits per heavy atom. The van der Waals surface area contributed by atoms with Gasteiger partial charge in [0.2, 0.25) is 17.7 Å². The van der Waals surface area contributed by atoms with Crippen molar-refractivity contribution in [1.82, 2.24) is 15.5 Å². The molecule has 0 aliphatic carbocycles. The van der Waals surface area contributed by atoms with Gasteiger partial charge in [0, 0.05) is 57.2 Å². The number of Topliss-reactive ketones (excluding diaryl/α,β-unsaturated/α-hetero) is 1. The number of nitrogens with zero attached hydrogens (tertiary/aromatic N) is 1. The standard InChI is InChI=1S/C24H39N3O8/c1-4-17-13-19(35-24(34)12-11-23(32)33)15-27(17)22(31)10-9-21(30)26-16(7-8-18(28)5-2)14-25-20(29)6-3/h16-17,19H,4-15H2,1-3H3,(H,25,29)(H,26,30)(H,32,33)/t16?,17-,19-/m1/s1. The molecule has 1 saturated heterocycles. The molecule has 0 saturated carbocycles. The molecule has 198 valence electrons. The van der Waals surface area contributed by atoms with E-state index in [0.29, 0.717) is 38.5 Å². The molecule has 3 amide bonds. The molecule has 11 heteroatoms. The van der Waals surface area contributed by atoms with Gasteiger partial charge in [0.1, 0.15) is 11.9 Å². The number of nitrogens with one attached hydrogen (secondary N) is 2. The predicted molar refractivity (Wildman–Crippen MR) is 126 cm³/mol. The van der Waals surface area contributed by atoms with E-state index in [0.717, 1.165) is 0 Å². The van der Waals surface area contributed by atoms with Crippen LogP contribution in [0.3, 0.4) is 0 Å². The van der Waals surface area contributed by atoms with Crippen molar-refractivity contribution in [2.45, 2.75) is 103 Å². The van der Waals surface area contributed by atoms with Crippen molar-refractivity contribution in [1.29, 1.82) is 0 Å². The van der Waals surface area contributed by atoms with E-state index < -0.39 is 24.1 Å². The first kappa shape index (κ1) is 30.1. The van der Waals surface area contributed by atoms with E-state index in [1.807, 2.05) is 6.92 Å². The minimum Gasteiger partial charge on any atom is -0.481 e. The van der Waals surface area contributed by atoms with Crippen LogP contribution in [0, 0.1) is 0 Å². The summed E-state index contributed by atoms with van der Waals surface area (Å²) in [5.41, 5.74) is 0. The molecule has 1 aliphatic heterocycles. The largest absolute Gasteiger partial charge is 0.481 e. The summed E-state index contributed by atoms with van der Waals surface area (Å²) >= 11 is 0. The Balaban J connectivity index is 2.57. The van der Waals surface area contributed by atoms with Crippen molar-refractivity contribution in [3.63, 3.8) is 0 Å². The number of carboxylic acids is 1. The summed E-state index contributed by atoms with van der Waals surface area (Å²) in [7, 11) is 0. The van der Waals surface area contributed by atoms with Gasteiger partial charge in [-0.3, -0.25) is 28.8 Å². The quantitative estimate of drug-likeness (QED) is 0.269. The molecular formula is C24H39N3O8. The first-order chi connectivity index (χ1) is 16.6. The van der Waals surface area contributed by atoms with E-state index in [1.165, 1.54) is 0 Å². The molecule has 0 radical (unpaired) electrons. The van der Waals surface area contributed by atoms with Crippen molar-refractivity contribution in [2.75, 3.05) is 13.1 Å². The third kappa shape index (κ3) is 11.8. The highest BCUT2D eigenvalue weighted by molar-refractivity contribution is 5.84. The lowest BCUT2D eigenvalue weighted by Crippen LogP contribution is -2.44. The SMILES string of the molecule is CCC(=O)CCC(CNC(=O)CC)NC(=O)CCC(=O)N1C[C@H](OC(=O)CCC(=O)O)C[C@H]1CC. The molecule has 1 heterocycles. The molecule has 3 N–H and O–H groups in total. The van der Waals surface area contributed by atoms with Crippen LogP contribution in [0.15, 0.2) is 0 Å². The zero-order chi connectivity index (χ0) is 26.4. The van der Waals surface area contributed by atoms with Crippen molar-refractivity contribution >= 4 is 35.4 Å². The number of rotatable bonds is 16. The lowest BCUT2D eigenvalue weighted by atomic mass is 10.1. The van der Waals surface area contributed by atoms with Gasteiger partial charge in [-0.25, -0.2) is 0 Å². The Morgan fingerprint density at radius 2 is 1.66 bits per heavy atom. The average molecular weight is 498 g/mol. The molecule has 3 atom stereocenters. The highest BCUT2D eigenvalue weighted by Gasteiger charge is 2.36. The number of esters is 1. The number of ketones is 1. The van der Waals surface area contributed by atoms with Crippen LogP contribution in [0.2, 0.25) is 0 Å². The fourth-order valence-electron chi connectivity index (χ4n) is 3.87. The van der Waals surface area contributed by atoms with E-state index in [-0.39, 0.29) is 68.3 Å². The first-order valence-electron chi connectivity index (χ1n) is 12.4. The van der Waals surface area contributed by atoms with Crippen LogP contribution in [0.4, 0.5) is 0 Å². The van der Waals surface area contributed by atoms with Crippen LogP contribution in [0.25, 0.3) is 0 Å². The fourth-order valence-corrected chi connectivity index (χ4v) is 3.87. The normalized spacial score (nSPS) is 18.0. The lowest BCUT2D eigenvalue weighted by molar-refractivity contribution is -0.152. The monoisotopic (exact) mass is 497 g/mol. The number of aliphatic carboxylic acids is 1. The second-order valence-corrected chi connectivity index (χ2v) is 8.70. The third-order valence-electron chi connectivity index (χ3n) is 5.97. The molecule has 0 bridgehead atoms. The molecule has 0 spiro atoms. The number of carbonyl (C=O) groups excluding carboxylic acids is 5. The number of likely N-dealkylation sites (tertiary alicyclic amines) is 1. The smallest absolute Gasteiger partial charge is 0.306 e. The van der Waals surface area contributed by atoms with Gasteiger partial charge in [0.25, 0.3) is 0 Å². The topological polar surface area (TPSA) is 159 Å². The summed E-state index contributed by atoms with van der Waals surface area (Å²) in [6, 6.07) is -0.534. The van der Waals surface area contributed by atoms with E-state index in [1.54, 1.807) is 18.7 Å². The Hall–Kier alpha value is -2.98. The van der Waals surface area contributed by atoms with Gasteiger partial charge in [0.15, 0.2) is 0 Å². The average Bonchev–Trinajstić information content (AvgIpc) is 3.24. The van der Waals surface area contributed by atoms with Gasteiger partial charge in [-0.05, 0) is 12.8 Å². The van der Waals surface area contributed by atoms with Gasteiger partial charge >= 0.3 is 11.9 Å². The molecule has 0 aromatic heterocycles. The molecule has 35 heavy (non-hydrogen) atoms. The third-order valence-corrected chi connectivity index (χ3v) is 5.97. The molecular weight excluding hydrogens is 458 g/mol. The molecule has 1 unspecified atom stereocenters. The number of amides is 3. The minimum absolute atomic E-state index is 0.0239. The number of hydrogen-bond acceptors (Lipinski definition) is 7. The van der Waals surface area contributed by atoms with Crippen LogP contribution < -0.4 is 10.6 Å². The van der Waals surface area contributed by atoms with Crippen molar-refractivity contribution in [3.8, 4) is 0 Å². The molecule has 0 aromatic carbocycles. The second-order valence-electron chi connectivity index (χ2n) is 8.70. The maximum Gasteiger partial charge on any atom is 0.306 e. The summed E-state index contributed by atoms with van der Waals surface area (Å²) < 4.78 is 5.33. The van der Waals surface area contributed by atoms with Crippen LogP contribution in [-0.2, 0) is 33.5 Å². The van der Waals surface area contributed by atoms with Crippen LogP contribution >= 0.6 is 0 Å². The summed E-state index contributed by atoms with van der Waals surface area (Å²) in [5, 5.41) is 14.2. The van der Waals surface area contributed by atoms with Crippen LogP contribution in [0.1, 0.15) is 85.0 Å². The van der Waals surface area contributed by atoms with Crippen LogP contribution in [-0.4, -0.2) is 76.7 Å². The molecule has 1 rings (SSSR count). The molecule has 1 aliphatic rings. The highest BCUT2D eigenvalue weighted by atomic mass is 16.5. The Kier molecular flexibility index (Phi) is 13.6. The van der Waals surface area contributed by atoms with E-state index in [2.05, 4.69) is 10.6 Å². The Labute approximate surface area is 206 Å². The van der Waals surface area contributed by atoms with Gasteiger partial charge < -0.3 is 25.4 Å². The fraction of sp³-hybridized carbons (Fsp3) is 0.750. The van der Waals surface area contributed by atoms with E-state index >= 15 is 0 Å². The molecule has 1 fully saturated rings. The first-order valence-corrected chi connectivity index (χ1v) is 12.4. The second kappa shape index (κ2) is 15.8. The molecule has 0 aromatic rings. The van der Waals surface area contributed by atoms with Crippen LogP contribution in [0.5, 0.6) is 0 Å². The molecule has 11 nitrogen and oxygen atoms in total. The Bertz CT molecular complexity index is 750. The van der Waals surface area contributed by atoms with Gasteiger partial charge in [0.05, 0.1) is 19.4 Å². The van der Waals surface area contributed by atoms with E-state index in [9.17, 15) is 28.8 Å². The van der Waals surface area contributed by atoms with Gasteiger partial charge in [-0.2, -0.15) is 0 Å². The Morgan fingerprint density at radius 1 is 0.943 bits per heavy atom. The van der Waals surface area contributed by atoms with Gasteiger partial charge in [-0.1, -0.05) is 20.8 Å². The number of carbonyl (C=O) groups is 6. The summed E-state index contributed by atoms with van der Waals surface area (Å²) in [6.45, 7) is 5.83. The minimum atomic E-state index is -1.08. The zero-order valence-electron chi connectivity index (χ0n) is 21.0. The number of carboxylic acid groups (broad SMARTS) is 1. The number of hydrogen-bond donors (Lipinski definition) is 3. The van der Waals surface area contributed by atoms with Crippen molar-refractivity contribution in [3.05, 3.63) is 0 Å². The number of ether oxygens (including phenoxy) is 1. The summed E-state index contributed by atoms with van der Waals surface area (Å²) in [6.07, 6.45) is 1.44. The van der Waals surface area contributed by atoms with Gasteiger partial charge in [-0.15, -0.1) is 0 Å².